The molecular formula is C16H20ClN3O5S. The van der Waals surface area contributed by atoms with E-state index in [0.717, 1.165) is 6.42 Å². The molecule has 10 heteroatoms. The topological polar surface area (TPSA) is 96.0 Å². The standard InChI is InChI=1S/C16H20ClN3O5S/c1-2-3-16(22)19-4-6-20(7-5-19)26(23,24)14-9-13-12(8-11(14)17)18-15(21)10-25-13/h8-9H,2-7,10H2,1H3,(H,18,21). The number of rotatable bonds is 4. The van der Waals surface area contributed by atoms with Gasteiger partial charge in [-0.3, -0.25) is 9.59 Å². The quantitative estimate of drug-likeness (QED) is 0.820. The number of carbonyl (C=O) groups is 2. The summed E-state index contributed by atoms with van der Waals surface area (Å²) >= 11 is 6.16. The molecular weight excluding hydrogens is 382 g/mol. The molecule has 1 aromatic rings. The maximum Gasteiger partial charge on any atom is 0.262 e. The number of piperazine rings is 1. The first-order chi connectivity index (χ1) is 12.3. The number of amides is 2. The Bertz CT molecular complexity index is 835. The number of ether oxygens (including phenoxy) is 1. The second kappa shape index (κ2) is 7.42. The molecule has 0 atom stereocenters. The number of benzene rings is 1. The van der Waals surface area contributed by atoms with E-state index in [4.69, 9.17) is 16.3 Å². The van der Waals surface area contributed by atoms with Crippen molar-refractivity contribution in [2.45, 2.75) is 24.7 Å². The predicted molar refractivity (Wildman–Crippen MR) is 95.8 cm³/mol. The van der Waals surface area contributed by atoms with E-state index < -0.39 is 10.0 Å². The number of halogens is 1. The van der Waals surface area contributed by atoms with Gasteiger partial charge in [0.25, 0.3) is 5.91 Å². The van der Waals surface area contributed by atoms with E-state index in [1.807, 2.05) is 6.92 Å². The molecule has 1 fully saturated rings. The maximum atomic E-state index is 13.0. The molecule has 0 aromatic heterocycles. The summed E-state index contributed by atoms with van der Waals surface area (Å²) in [6.07, 6.45) is 1.23. The fourth-order valence-corrected chi connectivity index (χ4v) is 4.91. The Balaban J connectivity index is 1.79. The molecule has 0 aliphatic carbocycles. The van der Waals surface area contributed by atoms with Gasteiger partial charge in [-0.05, 0) is 12.5 Å². The van der Waals surface area contributed by atoms with Crippen molar-refractivity contribution in [1.29, 1.82) is 0 Å². The average molecular weight is 402 g/mol. The van der Waals surface area contributed by atoms with Gasteiger partial charge in [0.2, 0.25) is 15.9 Å². The minimum atomic E-state index is -3.83. The molecule has 0 spiro atoms. The molecule has 2 aliphatic rings. The van der Waals surface area contributed by atoms with Gasteiger partial charge in [0.05, 0.1) is 10.7 Å². The van der Waals surface area contributed by atoms with Crippen LogP contribution in [0.15, 0.2) is 17.0 Å². The lowest BCUT2D eigenvalue weighted by atomic mass is 10.2. The van der Waals surface area contributed by atoms with Gasteiger partial charge >= 0.3 is 0 Å². The monoisotopic (exact) mass is 401 g/mol. The SMILES string of the molecule is CCCC(=O)N1CCN(S(=O)(=O)c2cc3c(cc2Cl)NC(=O)CO3)CC1. The Labute approximate surface area is 157 Å². The molecule has 142 valence electrons. The van der Waals surface area contributed by atoms with Crippen LogP contribution in [0.4, 0.5) is 5.69 Å². The lowest BCUT2D eigenvalue weighted by molar-refractivity contribution is -0.132. The van der Waals surface area contributed by atoms with Crippen LogP contribution in [0.2, 0.25) is 5.02 Å². The summed E-state index contributed by atoms with van der Waals surface area (Å²) in [5.41, 5.74) is 0.347. The highest BCUT2D eigenvalue weighted by molar-refractivity contribution is 7.89. The Hall–Kier alpha value is -1.84. The van der Waals surface area contributed by atoms with Crippen molar-refractivity contribution in [3.63, 3.8) is 0 Å². The number of anilines is 1. The Morgan fingerprint density at radius 2 is 1.96 bits per heavy atom. The van der Waals surface area contributed by atoms with Crippen molar-refractivity contribution >= 4 is 39.1 Å². The summed E-state index contributed by atoms with van der Waals surface area (Å²) in [6, 6.07) is 2.71. The highest BCUT2D eigenvalue weighted by Gasteiger charge is 2.32. The number of nitrogens with zero attached hydrogens (tertiary/aromatic N) is 2. The molecule has 0 saturated carbocycles. The van der Waals surface area contributed by atoms with Crippen molar-refractivity contribution in [2.24, 2.45) is 0 Å². The lowest BCUT2D eigenvalue weighted by Gasteiger charge is -2.34. The van der Waals surface area contributed by atoms with Crippen molar-refractivity contribution in [3.05, 3.63) is 17.2 Å². The van der Waals surface area contributed by atoms with Crippen molar-refractivity contribution in [1.82, 2.24) is 9.21 Å². The first kappa shape index (κ1) is 18.9. The molecule has 8 nitrogen and oxygen atoms in total. The largest absolute Gasteiger partial charge is 0.482 e. The zero-order valence-corrected chi connectivity index (χ0v) is 15.9. The number of fused-ring (bicyclic) bond motifs is 1. The summed E-state index contributed by atoms with van der Waals surface area (Å²) in [4.78, 5) is 24.9. The minimum absolute atomic E-state index is 0.0130. The smallest absolute Gasteiger partial charge is 0.262 e. The molecule has 2 aliphatic heterocycles. The Morgan fingerprint density at radius 1 is 1.27 bits per heavy atom. The summed E-state index contributed by atoms with van der Waals surface area (Å²) < 4.78 is 32.5. The fourth-order valence-electron chi connectivity index (χ4n) is 2.97. The van der Waals surface area contributed by atoms with Crippen LogP contribution in [0.1, 0.15) is 19.8 Å². The molecule has 0 radical (unpaired) electrons. The van der Waals surface area contributed by atoms with E-state index in [1.165, 1.54) is 16.4 Å². The van der Waals surface area contributed by atoms with Gasteiger partial charge in [0.1, 0.15) is 10.6 Å². The molecule has 1 N–H and O–H groups in total. The number of sulfonamides is 1. The molecule has 0 unspecified atom stereocenters. The van der Waals surface area contributed by atoms with E-state index in [1.54, 1.807) is 4.90 Å². The molecule has 1 aromatic carbocycles. The third-order valence-electron chi connectivity index (χ3n) is 4.34. The zero-order chi connectivity index (χ0) is 18.9. The second-order valence-corrected chi connectivity index (χ2v) is 8.46. The van der Waals surface area contributed by atoms with Gasteiger partial charge in [-0.2, -0.15) is 4.31 Å². The normalized spacial score (nSPS) is 18.1. The Morgan fingerprint density at radius 3 is 2.62 bits per heavy atom. The first-order valence-corrected chi connectivity index (χ1v) is 10.2. The van der Waals surface area contributed by atoms with E-state index in [0.29, 0.717) is 25.2 Å². The number of hydrogen-bond donors (Lipinski definition) is 1. The zero-order valence-electron chi connectivity index (χ0n) is 14.3. The lowest BCUT2D eigenvalue weighted by Crippen LogP contribution is -2.50. The molecule has 0 bridgehead atoms. The predicted octanol–water partition coefficient (Wildman–Crippen LogP) is 1.30. The van der Waals surface area contributed by atoms with Gasteiger partial charge in [0, 0.05) is 38.7 Å². The first-order valence-electron chi connectivity index (χ1n) is 8.37. The van der Waals surface area contributed by atoms with Crippen LogP contribution < -0.4 is 10.1 Å². The number of carbonyl (C=O) groups excluding carboxylic acids is 2. The summed E-state index contributed by atoms with van der Waals surface area (Å²) in [7, 11) is -3.83. The summed E-state index contributed by atoms with van der Waals surface area (Å²) in [5.74, 6) is -0.0121. The van der Waals surface area contributed by atoms with Gasteiger partial charge in [0.15, 0.2) is 6.61 Å². The maximum absolute atomic E-state index is 13.0. The molecule has 3 rings (SSSR count). The summed E-state index contributed by atoms with van der Waals surface area (Å²) in [6.45, 7) is 2.89. The van der Waals surface area contributed by atoms with E-state index in [-0.39, 0.29) is 47.2 Å². The number of hydrogen-bond acceptors (Lipinski definition) is 5. The van der Waals surface area contributed by atoms with Gasteiger partial charge in [-0.25, -0.2) is 8.42 Å². The van der Waals surface area contributed by atoms with Gasteiger partial charge in [-0.1, -0.05) is 18.5 Å². The van der Waals surface area contributed by atoms with Crippen LogP contribution >= 0.6 is 11.6 Å². The van der Waals surface area contributed by atoms with E-state index in [2.05, 4.69) is 5.32 Å². The van der Waals surface area contributed by atoms with Crippen molar-refractivity contribution in [2.75, 3.05) is 38.1 Å². The van der Waals surface area contributed by atoms with Crippen molar-refractivity contribution in [3.8, 4) is 5.75 Å². The highest BCUT2D eigenvalue weighted by atomic mass is 35.5. The average Bonchev–Trinajstić information content (AvgIpc) is 2.61. The van der Waals surface area contributed by atoms with Gasteiger partial charge in [-0.15, -0.1) is 0 Å². The van der Waals surface area contributed by atoms with E-state index >= 15 is 0 Å². The van der Waals surface area contributed by atoms with E-state index in [9.17, 15) is 18.0 Å². The van der Waals surface area contributed by atoms with Crippen LogP contribution in [0.3, 0.4) is 0 Å². The number of nitrogens with one attached hydrogen (secondary N) is 1. The van der Waals surface area contributed by atoms with Crippen molar-refractivity contribution < 1.29 is 22.7 Å². The minimum Gasteiger partial charge on any atom is -0.482 e. The molecule has 26 heavy (non-hydrogen) atoms. The van der Waals surface area contributed by atoms with Crippen LogP contribution in [0, 0.1) is 0 Å². The van der Waals surface area contributed by atoms with Crippen LogP contribution in [0.25, 0.3) is 0 Å². The van der Waals surface area contributed by atoms with Crippen LogP contribution in [-0.2, 0) is 19.6 Å². The highest BCUT2D eigenvalue weighted by Crippen LogP contribution is 2.36. The van der Waals surface area contributed by atoms with Crippen LogP contribution in [0.5, 0.6) is 5.75 Å². The molecule has 2 heterocycles. The summed E-state index contributed by atoms with van der Waals surface area (Å²) in [5, 5.41) is 2.60. The third kappa shape index (κ3) is 3.65. The van der Waals surface area contributed by atoms with Crippen LogP contribution in [-0.4, -0.2) is 62.2 Å². The second-order valence-electron chi connectivity index (χ2n) is 6.15. The third-order valence-corrected chi connectivity index (χ3v) is 6.70. The Kier molecular flexibility index (Phi) is 5.40. The molecule has 2 amide bonds. The van der Waals surface area contributed by atoms with Gasteiger partial charge < -0.3 is 15.0 Å². The fraction of sp³-hybridized carbons (Fsp3) is 0.500. The molecule has 1 saturated heterocycles.